The third-order valence-corrected chi connectivity index (χ3v) is 4.19. The minimum absolute atomic E-state index is 0.0292. The Kier molecular flexibility index (Phi) is 5.03. The first kappa shape index (κ1) is 16.3. The summed E-state index contributed by atoms with van der Waals surface area (Å²) in [6, 6.07) is 11.8. The minimum Gasteiger partial charge on any atom is -0.396 e. The summed E-state index contributed by atoms with van der Waals surface area (Å²) in [6.45, 7) is 7.84. The normalized spacial score (nSPS) is 13.7. The van der Waals surface area contributed by atoms with Gasteiger partial charge in [0.05, 0.1) is 5.56 Å². The third kappa shape index (κ3) is 3.22. The molecule has 0 fully saturated rings. The maximum absolute atomic E-state index is 12.5. The molecule has 0 aliphatic carbocycles. The topological polar surface area (TPSA) is 54.3 Å². The number of aryl methyl sites for hydroxylation is 1. The van der Waals surface area contributed by atoms with Crippen LogP contribution in [0, 0.1) is 19.8 Å². The number of aliphatic hydroxyl groups excluding tert-OH is 1. The third-order valence-electron chi connectivity index (χ3n) is 4.19. The summed E-state index contributed by atoms with van der Waals surface area (Å²) in [7, 11) is 0. The SMILES string of the molecule is Cc1cc(C(=O)NC(C)C(C)CO)c(C)n1-c1ccccc1. The summed E-state index contributed by atoms with van der Waals surface area (Å²) in [5, 5.41) is 12.2. The number of nitrogens with zero attached hydrogens (tertiary/aromatic N) is 1. The van der Waals surface area contributed by atoms with E-state index in [1.54, 1.807) is 0 Å². The predicted octanol–water partition coefficient (Wildman–Crippen LogP) is 2.84. The van der Waals surface area contributed by atoms with E-state index in [9.17, 15) is 9.90 Å². The molecular weight excluding hydrogens is 276 g/mol. The van der Waals surface area contributed by atoms with E-state index in [0.717, 1.165) is 17.1 Å². The van der Waals surface area contributed by atoms with Gasteiger partial charge in [-0.05, 0) is 44.9 Å². The fraction of sp³-hybridized carbons (Fsp3) is 0.389. The molecule has 1 heterocycles. The van der Waals surface area contributed by atoms with E-state index in [4.69, 9.17) is 0 Å². The molecule has 0 aliphatic heterocycles. The van der Waals surface area contributed by atoms with Crippen LogP contribution in [0.2, 0.25) is 0 Å². The van der Waals surface area contributed by atoms with Crippen molar-refractivity contribution < 1.29 is 9.90 Å². The Balaban J connectivity index is 2.29. The van der Waals surface area contributed by atoms with Crippen LogP contribution in [0.3, 0.4) is 0 Å². The summed E-state index contributed by atoms with van der Waals surface area (Å²) in [5.41, 5.74) is 3.67. The monoisotopic (exact) mass is 300 g/mol. The van der Waals surface area contributed by atoms with E-state index >= 15 is 0 Å². The number of hydrogen-bond acceptors (Lipinski definition) is 2. The number of nitrogens with one attached hydrogen (secondary N) is 1. The molecule has 0 radical (unpaired) electrons. The van der Waals surface area contributed by atoms with E-state index in [-0.39, 0.29) is 24.5 Å². The predicted molar refractivity (Wildman–Crippen MR) is 88.4 cm³/mol. The molecule has 0 saturated heterocycles. The van der Waals surface area contributed by atoms with Gasteiger partial charge in [-0.1, -0.05) is 25.1 Å². The molecule has 1 amide bonds. The molecular formula is C18H24N2O2. The maximum atomic E-state index is 12.5. The molecule has 0 bridgehead atoms. The molecule has 2 atom stereocenters. The number of carbonyl (C=O) groups excluding carboxylic acids is 1. The quantitative estimate of drug-likeness (QED) is 0.892. The summed E-state index contributed by atoms with van der Waals surface area (Å²) in [5.74, 6) is -0.0651. The molecule has 0 saturated carbocycles. The highest BCUT2D eigenvalue weighted by Crippen LogP contribution is 2.21. The van der Waals surface area contributed by atoms with Crippen molar-refractivity contribution in [3.63, 3.8) is 0 Å². The Bertz CT molecular complexity index is 647. The number of hydrogen-bond donors (Lipinski definition) is 2. The number of aliphatic hydroxyl groups is 1. The van der Waals surface area contributed by atoms with Crippen LogP contribution in [-0.2, 0) is 0 Å². The molecule has 2 rings (SSSR count). The highest BCUT2D eigenvalue weighted by Gasteiger charge is 2.20. The van der Waals surface area contributed by atoms with Gasteiger partial charge in [0, 0.05) is 29.7 Å². The van der Waals surface area contributed by atoms with Crippen LogP contribution in [0.5, 0.6) is 0 Å². The molecule has 1 aromatic heterocycles. The second-order valence-corrected chi connectivity index (χ2v) is 5.88. The summed E-state index contributed by atoms with van der Waals surface area (Å²) < 4.78 is 2.08. The highest BCUT2D eigenvalue weighted by molar-refractivity contribution is 5.96. The van der Waals surface area contributed by atoms with E-state index < -0.39 is 0 Å². The van der Waals surface area contributed by atoms with Gasteiger partial charge >= 0.3 is 0 Å². The lowest BCUT2D eigenvalue weighted by atomic mass is 10.0. The van der Waals surface area contributed by atoms with E-state index in [1.165, 1.54) is 0 Å². The first-order chi connectivity index (χ1) is 10.5. The van der Waals surface area contributed by atoms with E-state index in [1.807, 2.05) is 64.1 Å². The second kappa shape index (κ2) is 6.79. The van der Waals surface area contributed by atoms with E-state index in [2.05, 4.69) is 9.88 Å². The number of carbonyl (C=O) groups is 1. The Morgan fingerprint density at radius 2 is 1.86 bits per heavy atom. The largest absolute Gasteiger partial charge is 0.396 e. The second-order valence-electron chi connectivity index (χ2n) is 5.88. The van der Waals surface area contributed by atoms with Crippen molar-refractivity contribution in [3.05, 3.63) is 53.3 Å². The van der Waals surface area contributed by atoms with Crippen LogP contribution in [0.25, 0.3) is 5.69 Å². The highest BCUT2D eigenvalue weighted by atomic mass is 16.3. The number of para-hydroxylation sites is 1. The van der Waals surface area contributed by atoms with Crippen LogP contribution in [-0.4, -0.2) is 28.2 Å². The Hall–Kier alpha value is -2.07. The smallest absolute Gasteiger partial charge is 0.253 e. The maximum Gasteiger partial charge on any atom is 0.253 e. The zero-order chi connectivity index (χ0) is 16.3. The van der Waals surface area contributed by atoms with Gasteiger partial charge in [-0.25, -0.2) is 0 Å². The van der Waals surface area contributed by atoms with Gasteiger partial charge in [-0.3, -0.25) is 4.79 Å². The lowest BCUT2D eigenvalue weighted by Crippen LogP contribution is -2.38. The number of benzene rings is 1. The molecule has 2 aromatic rings. The van der Waals surface area contributed by atoms with Crippen molar-refractivity contribution >= 4 is 5.91 Å². The summed E-state index contributed by atoms with van der Waals surface area (Å²) in [4.78, 5) is 12.5. The molecule has 2 unspecified atom stereocenters. The molecule has 0 aliphatic rings. The van der Waals surface area contributed by atoms with Crippen LogP contribution in [0.1, 0.15) is 35.6 Å². The molecule has 4 nitrogen and oxygen atoms in total. The van der Waals surface area contributed by atoms with Gasteiger partial charge < -0.3 is 15.0 Å². The minimum atomic E-state index is -0.0944. The lowest BCUT2D eigenvalue weighted by molar-refractivity contribution is 0.0915. The van der Waals surface area contributed by atoms with Crippen molar-refractivity contribution in [3.8, 4) is 5.69 Å². The average molecular weight is 300 g/mol. The van der Waals surface area contributed by atoms with Crippen LogP contribution in [0.4, 0.5) is 0 Å². The molecule has 118 valence electrons. The Labute approximate surface area is 131 Å². The van der Waals surface area contributed by atoms with Gasteiger partial charge in [0.25, 0.3) is 5.91 Å². The zero-order valence-corrected chi connectivity index (χ0v) is 13.6. The lowest BCUT2D eigenvalue weighted by Gasteiger charge is -2.19. The van der Waals surface area contributed by atoms with Crippen LogP contribution < -0.4 is 5.32 Å². The number of aromatic nitrogens is 1. The fourth-order valence-corrected chi connectivity index (χ4v) is 2.55. The van der Waals surface area contributed by atoms with Crippen molar-refractivity contribution in [1.29, 1.82) is 0 Å². The zero-order valence-electron chi connectivity index (χ0n) is 13.6. The number of rotatable bonds is 5. The molecule has 2 N–H and O–H groups in total. The van der Waals surface area contributed by atoms with Gasteiger partial charge in [0.2, 0.25) is 0 Å². The van der Waals surface area contributed by atoms with Gasteiger partial charge in [0.15, 0.2) is 0 Å². The first-order valence-electron chi connectivity index (χ1n) is 7.61. The van der Waals surface area contributed by atoms with Crippen LogP contribution >= 0.6 is 0 Å². The van der Waals surface area contributed by atoms with Gasteiger partial charge in [0.1, 0.15) is 0 Å². The first-order valence-corrected chi connectivity index (χ1v) is 7.61. The molecule has 4 heteroatoms. The molecule has 0 spiro atoms. The van der Waals surface area contributed by atoms with Crippen molar-refractivity contribution in [2.75, 3.05) is 6.61 Å². The Morgan fingerprint density at radius 1 is 1.23 bits per heavy atom. The Morgan fingerprint density at radius 3 is 2.45 bits per heavy atom. The molecule has 1 aromatic carbocycles. The standard InChI is InChI=1S/C18H24N2O2/c1-12(11-21)14(3)19-18(22)17-10-13(2)20(15(17)4)16-8-6-5-7-9-16/h5-10,12,14,21H,11H2,1-4H3,(H,19,22). The summed E-state index contributed by atoms with van der Waals surface area (Å²) >= 11 is 0. The van der Waals surface area contributed by atoms with Crippen LogP contribution in [0.15, 0.2) is 36.4 Å². The van der Waals surface area contributed by atoms with Crippen molar-refractivity contribution in [2.24, 2.45) is 5.92 Å². The fourth-order valence-electron chi connectivity index (χ4n) is 2.55. The van der Waals surface area contributed by atoms with Gasteiger partial charge in [-0.2, -0.15) is 0 Å². The number of amides is 1. The van der Waals surface area contributed by atoms with Gasteiger partial charge in [-0.15, -0.1) is 0 Å². The van der Waals surface area contributed by atoms with E-state index in [0.29, 0.717) is 5.56 Å². The van der Waals surface area contributed by atoms with Crippen molar-refractivity contribution in [2.45, 2.75) is 33.7 Å². The average Bonchev–Trinajstić information content (AvgIpc) is 2.82. The summed E-state index contributed by atoms with van der Waals surface area (Å²) in [6.07, 6.45) is 0. The van der Waals surface area contributed by atoms with Crippen molar-refractivity contribution in [1.82, 2.24) is 9.88 Å². The molecule has 22 heavy (non-hydrogen) atoms.